The molecule has 1 rings (SSSR count). The van der Waals surface area contributed by atoms with E-state index < -0.39 is 17.6 Å². The first kappa shape index (κ1) is 22.2. The largest absolute Gasteiger partial charge is 0.458 e. The molecule has 4 heteroatoms. The molecule has 0 bridgehead atoms. The molecule has 0 saturated heterocycles. The van der Waals surface area contributed by atoms with Gasteiger partial charge in [0.25, 0.3) is 0 Å². The minimum absolute atomic E-state index is 0.176. The summed E-state index contributed by atoms with van der Waals surface area (Å²) >= 11 is 0. The van der Waals surface area contributed by atoms with Crippen LogP contribution in [0.4, 0.5) is 0 Å². The van der Waals surface area contributed by atoms with Crippen molar-refractivity contribution in [2.45, 2.75) is 67.0 Å². The molecule has 1 aromatic rings. The SMILES string of the molecule is CC(C)C.CC(C)C(=O)N[C@H](C(=O)OC(C)(C)C)c1ccccc1. The number of hydrogen-bond donors (Lipinski definition) is 1. The van der Waals surface area contributed by atoms with Crippen molar-refractivity contribution in [1.82, 2.24) is 5.32 Å². The molecule has 0 unspecified atom stereocenters. The minimum atomic E-state index is -0.773. The highest BCUT2D eigenvalue weighted by molar-refractivity contribution is 5.86. The van der Waals surface area contributed by atoms with E-state index >= 15 is 0 Å². The van der Waals surface area contributed by atoms with Crippen molar-refractivity contribution >= 4 is 11.9 Å². The van der Waals surface area contributed by atoms with E-state index in [9.17, 15) is 9.59 Å². The van der Waals surface area contributed by atoms with Crippen molar-refractivity contribution in [2.24, 2.45) is 11.8 Å². The summed E-state index contributed by atoms with van der Waals surface area (Å²) in [4.78, 5) is 24.2. The van der Waals surface area contributed by atoms with Gasteiger partial charge in [-0.15, -0.1) is 0 Å². The Labute approximate surface area is 147 Å². The van der Waals surface area contributed by atoms with Gasteiger partial charge < -0.3 is 10.1 Å². The fourth-order valence-corrected chi connectivity index (χ4v) is 1.59. The molecule has 0 aliphatic heterocycles. The maximum atomic E-state index is 12.3. The number of esters is 1. The molecule has 0 fully saturated rings. The second-order valence-electron chi connectivity index (χ2n) is 7.77. The van der Waals surface area contributed by atoms with Crippen molar-refractivity contribution in [3.63, 3.8) is 0 Å². The van der Waals surface area contributed by atoms with Crippen LogP contribution in [0.5, 0.6) is 0 Å². The average molecular weight is 335 g/mol. The molecule has 0 spiro atoms. The number of nitrogens with one attached hydrogen (secondary N) is 1. The molecule has 0 heterocycles. The zero-order chi connectivity index (χ0) is 18.9. The van der Waals surface area contributed by atoms with Crippen LogP contribution in [-0.4, -0.2) is 17.5 Å². The van der Waals surface area contributed by atoms with E-state index in [1.54, 1.807) is 46.8 Å². The first-order valence-electron chi connectivity index (χ1n) is 8.52. The van der Waals surface area contributed by atoms with Crippen LogP contribution in [0, 0.1) is 11.8 Å². The van der Waals surface area contributed by atoms with Crippen LogP contribution in [0.1, 0.15) is 67.0 Å². The van der Waals surface area contributed by atoms with Gasteiger partial charge in [-0.3, -0.25) is 4.79 Å². The van der Waals surface area contributed by atoms with Gasteiger partial charge in [0.1, 0.15) is 5.60 Å². The number of benzene rings is 1. The van der Waals surface area contributed by atoms with Crippen molar-refractivity contribution in [3.8, 4) is 0 Å². The standard InChI is InChI=1S/C16H23NO3.C4H10/c1-11(2)14(18)17-13(12-9-7-6-8-10-12)15(19)20-16(3,4)5;1-4(2)3/h6-11,13H,1-5H3,(H,17,18);4H,1-3H3/t13-;/m0./s1. The van der Waals surface area contributed by atoms with Gasteiger partial charge in [0, 0.05) is 5.92 Å². The molecular formula is C20H33NO3. The molecule has 1 N–H and O–H groups in total. The van der Waals surface area contributed by atoms with E-state index in [0.29, 0.717) is 0 Å². The van der Waals surface area contributed by atoms with Gasteiger partial charge in [-0.1, -0.05) is 65.0 Å². The van der Waals surface area contributed by atoms with Gasteiger partial charge in [0.15, 0.2) is 6.04 Å². The second kappa shape index (κ2) is 10.1. The molecular weight excluding hydrogens is 302 g/mol. The van der Waals surface area contributed by atoms with Gasteiger partial charge in [0.2, 0.25) is 5.91 Å². The molecule has 1 amide bonds. The van der Waals surface area contributed by atoms with Crippen LogP contribution in [0.3, 0.4) is 0 Å². The highest BCUT2D eigenvalue weighted by Gasteiger charge is 2.28. The van der Waals surface area contributed by atoms with E-state index in [1.807, 2.05) is 18.2 Å². The summed E-state index contributed by atoms with van der Waals surface area (Å²) in [5, 5.41) is 2.74. The molecule has 1 aromatic carbocycles. The lowest BCUT2D eigenvalue weighted by atomic mass is 10.1. The summed E-state index contributed by atoms with van der Waals surface area (Å²) in [6, 6.07) is 8.34. The second-order valence-corrected chi connectivity index (χ2v) is 7.77. The summed E-state index contributed by atoms with van der Waals surface area (Å²) in [7, 11) is 0. The zero-order valence-electron chi connectivity index (χ0n) is 16.3. The fourth-order valence-electron chi connectivity index (χ4n) is 1.59. The minimum Gasteiger partial charge on any atom is -0.458 e. The normalized spacial score (nSPS) is 12.2. The summed E-state index contributed by atoms with van der Waals surface area (Å²) in [6.45, 7) is 15.5. The number of rotatable bonds is 4. The first-order chi connectivity index (χ1) is 10.9. The molecule has 0 saturated carbocycles. The van der Waals surface area contributed by atoms with Crippen molar-refractivity contribution in [3.05, 3.63) is 35.9 Å². The summed E-state index contributed by atoms with van der Waals surface area (Å²) < 4.78 is 5.38. The van der Waals surface area contributed by atoms with Gasteiger partial charge in [0.05, 0.1) is 0 Å². The molecule has 0 aliphatic carbocycles. The highest BCUT2D eigenvalue weighted by atomic mass is 16.6. The fraction of sp³-hybridized carbons (Fsp3) is 0.600. The Balaban J connectivity index is 0.00000118. The van der Waals surface area contributed by atoms with Gasteiger partial charge in [-0.05, 0) is 32.3 Å². The summed E-state index contributed by atoms with van der Waals surface area (Å²) in [6.07, 6.45) is 0. The third kappa shape index (κ3) is 10.0. The molecule has 24 heavy (non-hydrogen) atoms. The highest BCUT2D eigenvalue weighted by Crippen LogP contribution is 2.19. The predicted molar refractivity (Wildman–Crippen MR) is 98.5 cm³/mol. The third-order valence-corrected chi connectivity index (χ3v) is 2.59. The topological polar surface area (TPSA) is 55.4 Å². The molecule has 0 aromatic heterocycles. The molecule has 136 valence electrons. The van der Waals surface area contributed by atoms with Crippen LogP contribution in [0.25, 0.3) is 0 Å². The average Bonchev–Trinajstić information content (AvgIpc) is 2.42. The van der Waals surface area contributed by atoms with Crippen LogP contribution in [0.15, 0.2) is 30.3 Å². The third-order valence-electron chi connectivity index (χ3n) is 2.59. The lowest BCUT2D eigenvalue weighted by Crippen LogP contribution is -2.39. The van der Waals surface area contributed by atoms with Crippen LogP contribution in [0.2, 0.25) is 0 Å². The first-order valence-corrected chi connectivity index (χ1v) is 8.52. The number of carbonyl (C=O) groups excluding carboxylic acids is 2. The maximum Gasteiger partial charge on any atom is 0.333 e. The monoisotopic (exact) mass is 335 g/mol. The summed E-state index contributed by atoms with van der Waals surface area (Å²) in [5.74, 6) is 0.0195. The molecule has 0 radical (unpaired) electrons. The number of ether oxygens (including phenoxy) is 1. The van der Waals surface area contributed by atoms with Crippen LogP contribution < -0.4 is 5.32 Å². The summed E-state index contributed by atoms with van der Waals surface area (Å²) in [5.41, 5.74) is 0.128. The van der Waals surface area contributed by atoms with Crippen molar-refractivity contribution in [1.29, 1.82) is 0 Å². The van der Waals surface area contributed by atoms with E-state index in [1.165, 1.54) is 0 Å². The van der Waals surface area contributed by atoms with Crippen LogP contribution in [-0.2, 0) is 14.3 Å². The van der Waals surface area contributed by atoms with E-state index in [0.717, 1.165) is 11.5 Å². The Morgan fingerprint density at radius 1 is 0.958 bits per heavy atom. The zero-order valence-corrected chi connectivity index (χ0v) is 16.3. The van der Waals surface area contributed by atoms with Gasteiger partial charge >= 0.3 is 5.97 Å². The van der Waals surface area contributed by atoms with Crippen molar-refractivity contribution in [2.75, 3.05) is 0 Å². The maximum absolute atomic E-state index is 12.3. The van der Waals surface area contributed by atoms with Gasteiger partial charge in [-0.2, -0.15) is 0 Å². The lowest BCUT2D eigenvalue weighted by molar-refractivity contribution is -0.159. The molecule has 4 nitrogen and oxygen atoms in total. The van der Waals surface area contributed by atoms with E-state index in [4.69, 9.17) is 4.74 Å². The number of hydrogen-bond acceptors (Lipinski definition) is 3. The molecule has 1 atom stereocenters. The smallest absolute Gasteiger partial charge is 0.333 e. The Hall–Kier alpha value is -1.84. The number of amides is 1. The lowest BCUT2D eigenvalue weighted by Gasteiger charge is -2.25. The number of carbonyl (C=O) groups is 2. The quantitative estimate of drug-likeness (QED) is 0.824. The predicted octanol–water partition coefficient (Wildman–Crippen LogP) is 4.50. The van der Waals surface area contributed by atoms with Crippen molar-refractivity contribution < 1.29 is 14.3 Å². The van der Waals surface area contributed by atoms with E-state index in [2.05, 4.69) is 26.1 Å². The Morgan fingerprint density at radius 2 is 1.42 bits per heavy atom. The van der Waals surface area contributed by atoms with Crippen LogP contribution >= 0.6 is 0 Å². The van der Waals surface area contributed by atoms with E-state index in [-0.39, 0.29) is 11.8 Å². The Kier molecular flexibility index (Phi) is 9.34. The Morgan fingerprint density at radius 3 is 1.79 bits per heavy atom. The van der Waals surface area contributed by atoms with Gasteiger partial charge in [-0.25, -0.2) is 4.79 Å². The molecule has 0 aliphatic rings. The Bertz CT molecular complexity index is 499.